The number of hydrazone groups is 1. The highest BCUT2D eigenvalue weighted by atomic mass is 79.9. The number of nitrogens with one attached hydrogen (secondary N) is 2. The lowest BCUT2D eigenvalue weighted by molar-refractivity contribution is -0.120. The highest BCUT2D eigenvalue weighted by Crippen LogP contribution is 2.30. The van der Waals surface area contributed by atoms with E-state index >= 15 is 0 Å². The van der Waals surface area contributed by atoms with Crippen molar-refractivity contribution in [3.8, 4) is 5.75 Å². The van der Waals surface area contributed by atoms with Gasteiger partial charge in [0, 0.05) is 16.2 Å². The predicted molar refractivity (Wildman–Crippen MR) is 95.8 cm³/mol. The van der Waals surface area contributed by atoms with Gasteiger partial charge in [0.1, 0.15) is 11.4 Å². The first-order valence-electron chi connectivity index (χ1n) is 6.66. The number of halogens is 2. The van der Waals surface area contributed by atoms with E-state index < -0.39 is 11.8 Å². The Morgan fingerprint density at radius 2 is 2.08 bits per heavy atom. The van der Waals surface area contributed by atoms with Crippen LogP contribution >= 0.6 is 31.9 Å². The molecule has 24 heavy (non-hydrogen) atoms. The topological polar surface area (TPSA) is 104 Å². The molecule has 0 spiro atoms. The number of hydrogen-bond acceptors (Lipinski definition) is 5. The van der Waals surface area contributed by atoms with Gasteiger partial charge in [-0.05, 0) is 40.2 Å². The van der Waals surface area contributed by atoms with Crippen molar-refractivity contribution >= 4 is 49.9 Å². The van der Waals surface area contributed by atoms with Gasteiger partial charge in [-0.1, -0.05) is 22.0 Å². The number of rotatable bonds is 5. The van der Waals surface area contributed by atoms with Crippen LogP contribution in [-0.4, -0.2) is 34.7 Å². The zero-order valence-corrected chi connectivity index (χ0v) is 15.3. The molecule has 3 N–H and O–H groups in total. The summed E-state index contributed by atoms with van der Waals surface area (Å²) in [5, 5.41) is 16.0. The summed E-state index contributed by atoms with van der Waals surface area (Å²) in [4.78, 5) is 27.2. The van der Waals surface area contributed by atoms with Crippen LogP contribution in [-0.2, 0) is 4.79 Å². The molecule has 2 aromatic rings. The summed E-state index contributed by atoms with van der Waals surface area (Å²) in [5.74, 6) is -0.966. The second-order valence-electron chi connectivity index (χ2n) is 4.52. The molecule has 0 atom stereocenters. The first kappa shape index (κ1) is 18.1. The third kappa shape index (κ3) is 5.14. The van der Waals surface area contributed by atoms with Gasteiger partial charge in [0.15, 0.2) is 0 Å². The summed E-state index contributed by atoms with van der Waals surface area (Å²) >= 11 is 6.49. The normalized spacial score (nSPS) is 10.6. The van der Waals surface area contributed by atoms with Crippen molar-refractivity contribution in [2.24, 2.45) is 5.10 Å². The summed E-state index contributed by atoms with van der Waals surface area (Å²) in [6, 6.07) is 8.22. The molecule has 0 saturated heterocycles. The number of phenolic OH excluding ortho intramolecular Hbond substituents is 1. The Balaban J connectivity index is 1.86. The Kier molecular flexibility index (Phi) is 6.44. The Morgan fingerprint density at radius 3 is 2.79 bits per heavy atom. The van der Waals surface area contributed by atoms with E-state index in [9.17, 15) is 14.7 Å². The maximum absolute atomic E-state index is 11.7. The molecule has 9 heteroatoms. The van der Waals surface area contributed by atoms with Crippen LogP contribution in [0.15, 0.2) is 50.6 Å². The first-order chi connectivity index (χ1) is 11.5. The smallest absolute Gasteiger partial charge is 0.270 e. The standard InChI is InChI=1S/C15H12Br2N4O3/c16-10-5-9(14(23)11(17)6-10)7-20-21-13(22)8-19-15(24)12-3-1-2-4-18-12/h1-7,23H,8H2,(H,19,24)(H,21,22)/b20-7+. The summed E-state index contributed by atoms with van der Waals surface area (Å²) in [7, 11) is 0. The number of amides is 2. The van der Waals surface area contributed by atoms with Crippen LogP contribution < -0.4 is 10.7 Å². The predicted octanol–water partition coefficient (Wildman–Crippen LogP) is 2.19. The van der Waals surface area contributed by atoms with Crippen LogP contribution in [0.25, 0.3) is 0 Å². The van der Waals surface area contributed by atoms with Crippen molar-refractivity contribution in [2.45, 2.75) is 0 Å². The van der Waals surface area contributed by atoms with E-state index in [0.717, 1.165) is 4.47 Å². The fourth-order valence-electron chi connectivity index (χ4n) is 1.65. The zero-order chi connectivity index (χ0) is 17.5. The monoisotopic (exact) mass is 454 g/mol. The van der Waals surface area contributed by atoms with Crippen LogP contribution in [0.3, 0.4) is 0 Å². The molecule has 0 bridgehead atoms. The van der Waals surface area contributed by atoms with Crippen LogP contribution in [0.2, 0.25) is 0 Å². The fourth-order valence-corrected chi connectivity index (χ4v) is 2.90. The van der Waals surface area contributed by atoms with Gasteiger partial charge in [-0.2, -0.15) is 5.10 Å². The second kappa shape index (κ2) is 8.55. The van der Waals surface area contributed by atoms with E-state index in [2.05, 4.69) is 52.7 Å². The molecule has 0 unspecified atom stereocenters. The van der Waals surface area contributed by atoms with Gasteiger partial charge in [-0.3, -0.25) is 14.6 Å². The van der Waals surface area contributed by atoms with E-state index in [4.69, 9.17) is 0 Å². The third-order valence-corrected chi connectivity index (χ3v) is 3.82. The average Bonchev–Trinajstić information content (AvgIpc) is 2.57. The summed E-state index contributed by atoms with van der Waals surface area (Å²) in [5.41, 5.74) is 2.89. The molecule has 1 aromatic heterocycles. The molecule has 2 amide bonds. The van der Waals surface area contributed by atoms with Gasteiger partial charge >= 0.3 is 0 Å². The lowest BCUT2D eigenvalue weighted by Gasteiger charge is -2.04. The molecule has 0 radical (unpaired) electrons. The second-order valence-corrected chi connectivity index (χ2v) is 6.29. The van der Waals surface area contributed by atoms with Crippen LogP contribution in [0, 0.1) is 0 Å². The number of hydrogen-bond donors (Lipinski definition) is 3. The summed E-state index contributed by atoms with van der Waals surface area (Å²) in [6.45, 7) is -0.249. The molecular weight excluding hydrogens is 444 g/mol. The van der Waals surface area contributed by atoms with E-state index in [1.165, 1.54) is 12.4 Å². The van der Waals surface area contributed by atoms with Gasteiger partial charge in [-0.15, -0.1) is 0 Å². The number of benzene rings is 1. The highest BCUT2D eigenvalue weighted by Gasteiger charge is 2.08. The molecular formula is C15H12Br2N4O3. The van der Waals surface area contributed by atoms with Gasteiger partial charge in [0.05, 0.1) is 17.2 Å². The van der Waals surface area contributed by atoms with Gasteiger partial charge in [-0.25, -0.2) is 5.43 Å². The lowest BCUT2D eigenvalue weighted by atomic mass is 10.2. The molecule has 1 aromatic carbocycles. The van der Waals surface area contributed by atoms with Crippen LogP contribution in [0.5, 0.6) is 5.75 Å². The number of nitrogens with zero attached hydrogens (tertiary/aromatic N) is 2. The first-order valence-corrected chi connectivity index (χ1v) is 8.25. The highest BCUT2D eigenvalue weighted by molar-refractivity contribution is 9.11. The minimum absolute atomic E-state index is 0.000321. The quantitative estimate of drug-likeness (QED) is 0.474. The molecule has 7 nitrogen and oxygen atoms in total. The van der Waals surface area contributed by atoms with Crippen molar-refractivity contribution in [1.82, 2.24) is 15.7 Å². The number of pyridine rings is 1. The molecule has 1 heterocycles. The Hall–Kier alpha value is -2.26. The average molecular weight is 456 g/mol. The minimum atomic E-state index is -0.510. The minimum Gasteiger partial charge on any atom is -0.506 e. The summed E-state index contributed by atoms with van der Waals surface area (Å²) < 4.78 is 1.23. The van der Waals surface area contributed by atoms with Crippen molar-refractivity contribution in [2.75, 3.05) is 6.54 Å². The molecule has 0 aliphatic rings. The zero-order valence-electron chi connectivity index (χ0n) is 12.2. The molecule has 0 saturated carbocycles. The molecule has 124 valence electrons. The number of carbonyl (C=O) groups excluding carboxylic acids is 2. The number of phenols is 1. The maximum atomic E-state index is 11.7. The largest absolute Gasteiger partial charge is 0.506 e. The third-order valence-electron chi connectivity index (χ3n) is 2.76. The van der Waals surface area contributed by atoms with Crippen LogP contribution in [0.4, 0.5) is 0 Å². The van der Waals surface area contributed by atoms with Gasteiger partial charge in [0.2, 0.25) is 0 Å². The maximum Gasteiger partial charge on any atom is 0.270 e. The Morgan fingerprint density at radius 1 is 1.29 bits per heavy atom. The molecule has 0 aliphatic carbocycles. The SMILES string of the molecule is O=C(CNC(=O)c1ccccn1)N/N=C/c1cc(Br)cc(Br)c1O. The Labute approximate surface area is 154 Å². The van der Waals surface area contributed by atoms with E-state index in [-0.39, 0.29) is 18.0 Å². The van der Waals surface area contributed by atoms with Crippen molar-refractivity contribution in [3.05, 3.63) is 56.7 Å². The van der Waals surface area contributed by atoms with Gasteiger partial charge in [0.25, 0.3) is 11.8 Å². The van der Waals surface area contributed by atoms with Crippen LogP contribution in [0.1, 0.15) is 16.1 Å². The Bertz CT molecular complexity index is 782. The van der Waals surface area contributed by atoms with Gasteiger partial charge < -0.3 is 10.4 Å². The number of carbonyl (C=O) groups is 2. The molecule has 2 rings (SSSR count). The lowest BCUT2D eigenvalue weighted by Crippen LogP contribution is -2.35. The van der Waals surface area contributed by atoms with E-state index in [0.29, 0.717) is 10.0 Å². The molecule has 0 fully saturated rings. The fraction of sp³-hybridized carbons (Fsp3) is 0.0667. The molecule has 0 aliphatic heterocycles. The van der Waals surface area contributed by atoms with Crippen molar-refractivity contribution in [3.63, 3.8) is 0 Å². The summed E-state index contributed by atoms with van der Waals surface area (Å²) in [6.07, 6.45) is 2.78. The van der Waals surface area contributed by atoms with Crippen molar-refractivity contribution < 1.29 is 14.7 Å². The van der Waals surface area contributed by atoms with Crippen molar-refractivity contribution in [1.29, 1.82) is 0 Å². The number of aromatic nitrogens is 1. The van der Waals surface area contributed by atoms with E-state index in [1.807, 2.05) is 0 Å². The number of aromatic hydroxyl groups is 1. The van der Waals surface area contributed by atoms with E-state index in [1.54, 1.807) is 30.3 Å².